The fraction of sp³-hybridized carbons (Fsp3) is 0. The summed E-state index contributed by atoms with van der Waals surface area (Å²) in [4.78, 5) is 10.7. The van der Waals surface area contributed by atoms with Gasteiger partial charge >= 0.3 is 5.97 Å². The first-order valence-electron chi connectivity index (χ1n) is 3.00. The van der Waals surface area contributed by atoms with Crippen LogP contribution in [0, 0.1) is 0 Å². The summed E-state index contributed by atoms with van der Waals surface area (Å²) in [5.41, 5.74) is 6.17. The predicted molar refractivity (Wildman–Crippen MR) is 53.2 cm³/mol. The van der Waals surface area contributed by atoms with E-state index in [0.717, 1.165) is 0 Å². The topological polar surface area (TPSA) is 63.3 Å². The second kappa shape index (κ2) is 3.45. The van der Waals surface area contributed by atoms with Gasteiger partial charge in [-0.3, -0.25) is 0 Å². The van der Waals surface area contributed by atoms with Crippen LogP contribution in [-0.2, 0) is 0 Å². The van der Waals surface area contributed by atoms with E-state index >= 15 is 0 Å². The number of carboxylic acids is 1. The number of rotatable bonds is 1. The standard InChI is InChI=1S/C7H5Br2NO2/c8-4-1-3(10)2-5(9)6(4)7(11)12/h1-2H,10H2,(H,11,12). The van der Waals surface area contributed by atoms with Crippen LogP contribution in [0.3, 0.4) is 0 Å². The quantitative estimate of drug-likeness (QED) is 0.782. The number of hydrogen-bond donors (Lipinski definition) is 2. The largest absolute Gasteiger partial charge is 0.478 e. The summed E-state index contributed by atoms with van der Waals surface area (Å²) in [6.45, 7) is 0. The number of aromatic carboxylic acids is 1. The van der Waals surface area contributed by atoms with Crippen LogP contribution in [0.15, 0.2) is 21.1 Å². The minimum atomic E-state index is -0.992. The lowest BCUT2D eigenvalue weighted by Crippen LogP contribution is -2.00. The number of hydrogen-bond acceptors (Lipinski definition) is 2. The smallest absolute Gasteiger partial charge is 0.338 e. The van der Waals surface area contributed by atoms with Crippen LogP contribution in [0.5, 0.6) is 0 Å². The van der Waals surface area contributed by atoms with Crippen molar-refractivity contribution in [3.8, 4) is 0 Å². The molecular formula is C7H5Br2NO2. The van der Waals surface area contributed by atoms with E-state index in [1.54, 1.807) is 12.1 Å². The normalized spacial score (nSPS) is 9.83. The van der Waals surface area contributed by atoms with Gasteiger partial charge in [0.05, 0.1) is 5.56 Å². The van der Waals surface area contributed by atoms with Gasteiger partial charge in [-0.15, -0.1) is 0 Å². The Balaban J connectivity index is 3.38. The molecule has 0 unspecified atom stereocenters. The second-order valence-corrected chi connectivity index (χ2v) is 3.87. The third-order valence-electron chi connectivity index (χ3n) is 1.28. The lowest BCUT2D eigenvalue weighted by Gasteiger charge is -2.03. The number of nitrogen functional groups attached to an aromatic ring is 1. The number of carboxylic acid groups (broad SMARTS) is 1. The Morgan fingerprint density at radius 2 is 1.75 bits per heavy atom. The van der Waals surface area contributed by atoms with Crippen molar-refractivity contribution in [1.29, 1.82) is 0 Å². The first-order chi connectivity index (χ1) is 5.52. The predicted octanol–water partition coefficient (Wildman–Crippen LogP) is 2.49. The van der Waals surface area contributed by atoms with Crippen LogP contribution < -0.4 is 5.73 Å². The molecule has 0 aliphatic heterocycles. The highest BCUT2D eigenvalue weighted by Gasteiger charge is 2.12. The summed E-state index contributed by atoms with van der Waals surface area (Å²) in [6, 6.07) is 3.10. The molecule has 0 bridgehead atoms. The first-order valence-corrected chi connectivity index (χ1v) is 4.59. The highest BCUT2D eigenvalue weighted by atomic mass is 79.9. The molecule has 1 aromatic carbocycles. The molecule has 3 nitrogen and oxygen atoms in total. The molecule has 64 valence electrons. The van der Waals surface area contributed by atoms with Gasteiger partial charge in [0.2, 0.25) is 0 Å². The Kier molecular flexibility index (Phi) is 2.74. The van der Waals surface area contributed by atoms with Crippen molar-refractivity contribution in [1.82, 2.24) is 0 Å². The average molecular weight is 295 g/mol. The number of nitrogens with two attached hydrogens (primary N) is 1. The zero-order valence-corrected chi connectivity index (χ0v) is 9.02. The van der Waals surface area contributed by atoms with Crippen LogP contribution in [0.1, 0.15) is 10.4 Å². The summed E-state index contributed by atoms with van der Waals surface area (Å²) in [5, 5.41) is 8.74. The Bertz CT molecular complexity index is 315. The highest BCUT2D eigenvalue weighted by Crippen LogP contribution is 2.28. The average Bonchev–Trinajstić information content (AvgIpc) is 1.82. The first kappa shape index (κ1) is 9.54. The van der Waals surface area contributed by atoms with Gasteiger partial charge in [0.15, 0.2) is 0 Å². The van der Waals surface area contributed by atoms with E-state index in [1.807, 2.05) is 0 Å². The molecule has 12 heavy (non-hydrogen) atoms. The van der Waals surface area contributed by atoms with Crippen LogP contribution in [0.2, 0.25) is 0 Å². The van der Waals surface area contributed by atoms with Crippen molar-refractivity contribution in [3.63, 3.8) is 0 Å². The molecule has 0 saturated heterocycles. The summed E-state index contributed by atoms with van der Waals surface area (Å²) >= 11 is 6.22. The van der Waals surface area contributed by atoms with Crippen molar-refractivity contribution >= 4 is 43.5 Å². The fourth-order valence-electron chi connectivity index (χ4n) is 0.797. The van der Waals surface area contributed by atoms with E-state index in [9.17, 15) is 4.79 Å². The molecule has 1 aromatic rings. The minimum absolute atomic E-state index is 0.184. The van der Waals surface area contributed by atoms with Crippen LogP contribution in [0.4, 0.5) is 5.69 Å². The zero-order chi connectivity index (χ0) is 9.30. The van der Waals surface area contributed by atoms with E-state index < -0.39 is 5.97 Å². The van der Waals surface area contributed by atoms with Gasteiger partial charge in [-0.05, 0) is 44.0 Å². The molecule has 0 aromatic heterocycles. The third-order valence-corrected chi connectivity index (χ3v) is 2.53. The maximum absolute atomic E-state index is 10.7. The van der Waals surface area contributed by atoms with Crippen LogP contribution in [0.25, 0.3) is 0 Å². The van der Waals surface area contributed by atoms with Gasteiger partial charge < -0.3 is 10.8 Å². The van der Waals surface area contributed by atoms with E-state index in [2.05, 4.69) is 31.9 Å². The van der Waals surface area contributed by atoms with Gasteiger partial charge in [0.25, 0.3) is 0 Å². The van der Waals surface area contributed by atoms with Gasteiger partial charge in [-0.25, -0.2) is 4.79 Å². The van der Waals surface area contributed by atoms with Crippen LogP contribution >= 0.6 is 31.9 Å². The molecule has 0 aliphatic carbocycles. The molecule has 0 atom stereocenters. The van der Waals surface area contributed by atoms with Crippen molar-refractivity contribution in [2.24, 2.45) is 0 Å². The monoisotopic (exact) mass is 293 g/mol. The number of anilines is 1. The molecule has 0 fully saturated rings. The van der Waals surface area contributed by atoms with Crippen molar-refractivity contribution in [3.05, 3.63) is 26.6 Å². The summed E-state index contributed by atoms with van der Waals surface area (Å²) in [6.07, 6.45) is 0. The molecule has 0 amide bonds. The molecule has 3 N–H and O–H groups in total. The van der Waals surface area contributed by atoms with Gasteiger partial charge in [-0.2, -0.15) is 0 Å². The molecule has 0 heterocycles. The Morgan fingerprint density at radius 3 is 2.08 bits per heavy atom. The Labute approximate surface area is 85.8 Å². The Hall–Kier alpha value is -0.550. The summed E-state index contributed by atoms with van der Waals surface area (Å²) < 4.78 is 0.948. The van der Waals surface area contributed by atoms with E-state index in [4.69, 9.17) is 10.8 Å². The third kappa shape index (κ3) is 1.78. The highest BCUT2D eigenvalue weighted by molar-refractivity contribution is 9.11. The SMILES string of the molecule is Nc1cc(Br)c(C(=O)O)c(Br)c1. The molecule has 5 heteroatoms. The number of benzene rings is 1. The van der Waals surface area contributed by atoms with E-state index in [0.29, 0.717) is 14.6 Å². The zero-order valence-electron chi connectivity index (χ0n) is 5.84. The molecular weight excluding hydrogens is 290 g/mol. The molecule has 0 radical (unpaired) electrons. The lowest BCUT2D eigenvalue weighted by molar-refractivity contribution is 0.0695. The molecule has 0 saturated carbocycles. The molecule has 0 aliphatic rings. The lowest BCUT2D eigenvalue weighted by atomic mass is 10.2. The maximum atomic E-state index is 10.7. The summed E-state index contributed by atoms with van der Waals surface area (Å²) in [7, 11) is 0. The summed E-state index contributed by atoms with van der Waals surface area (Å²) in [5.74, 6) is -0.992. The van der Waals surface area contributed by atoms with Gasteiger partial charge in [-0.1, -0.05) is 0 Å². The van der Waals surface area contributed by atoms with E-state index in [-0.39, 0.29) is 5.56 Å². The van der Waals surface area contributed by atoms with Crippen LogP contribution in [-0.4, -0.2) is 11.1 Å². The molecule has 0 spiro atoms. The van der Waals surface area contributed by atoms with Crippen molar-refractivity contribution in [2.75, 3.05) is 5.73 Å². The second-order valence-electron chi connectivity index (χ2n) is 2.16. The van der Waals surface area contributed by atoms with Crippen molar-refractivity contribution < 1.29 is 9.90 Å². The van der Waals surface area contributed by atoms with Gasteiger partial charge in [0.1, 0.15) is 0 Å². The molecule has 1 rings (SSSR count). The van der Waals surface area contributed by atoms with Crippen molar-refractivity contribution in [2.45, 2.75) is 0 Å². The Morgan fingerprint density at radius 1 is 1.33 bits per heavy atom. The minimum Gasteiger partial charge on any atom is -0.478 e. The number of halogens is 2. The number of carbonyl (C=O) groups is 1. The van der Waals surface area contributed by atoms with Gasteiger partial charge in [0, 0.05) is 14.6 Å². The fourth-order valence-corrected chi connectivity index (χ4v) is 2.36. The maximum Gasteiger partial charge on any atom is 0.338 e. The van der Waals surface area contributed by atoms with E-state index in [1.165, 1.54) is 0 Å².